The van der Waals surface area contributed by atoms with E-state index in [4.69, 9.17) is 9.84 Å². The van der Waals surface area contributed by atoms with Crippen LogP contribution in [0, 0.1) is 17.1 Å². The molecule has 1 aliphatic heterocycles. The smallest absolute Gasteiger partial charge is 0.154 e. The van der Waals surface area contributed by atoms with Crippen LogP contribution in [0.3, 0.4) is 0 Å². The molecule has 0 saturated carbocycles. The van der Waals surface area contributed by atoms with E-state index in [1.807, 2.05) is 37.3 Å². The van der Waals surface area contributed by atoms with E-state index >= 15 is 0 Å². The van der Waals surface area contributed by atoms with Crippen LogP contribution >= 0.6 is 0 Å². The average Bonchev–Trinajstić information content (AvgIpc) is 3.52. The molecule has 0 unspecified atom stereocenters. The van der Waals surface area contributed by atoms with Crippen molar-refractivity contribution in [3.05, 3.63) is 77.7 Å². The second kappa shape index (κ2) is 9.49. The van der Waals surface area contributed by atoms with E-state index in [2.05, 4.69) is 21.7 Å². The Morgan fingerprint density at radius 3 is 2.97 bits per heavy atom. The van der Waals surface area contributed by atoms with Crippen molar-refractivity contribution in [1.82, 2.24) is 19.9 Å². The monoisotopic (exact) mass is 456 g/mol. The fraction of sp³-hybridized carbons (Fsp3) is 0.269. The summed E-state index contributed by atoms with van der Waals surface area (Å²) < 4.78 is 21.3. The minimum absolute atomic E-state index is 0.136. The number of ether oxygens (including phenoxy) is 1. The van der Waals surface area contributed by atoms with E-state index in [9.17, 15) is 9.65 Å². The van der Waals surface area contributed by atoms with Crippen LogP contribution < -0.4 is 15.4 Å². The number of halogens is 1. The maximum atomic E-state index is 13.6. The van der Waals surface area contributed by atoms with Crippen molar-refractivity contribution in [2.75, 3.05) is 18.5 Å². The van der Waals surface area contributed by atoms with Gasteiger partial charge in [0.15, 0.2) is 5.65 Å². The van der Waals surface area contributed by atoms with Crippen LogP contribution in [-0.4, -0.2) is 33.8 Å². The Bertz CT molecular complexity index is 1360. The molecule has 0 radical (unpaired) electrons. The number of nitriles is 1. The van der Waals surface area contributed by atoms with E-state index in [1.165, 1.54) is 12.1 Å². The molecule has 5 rings (SSSR count). The predicted octanol–water partition coefficient (Wildman–Crippen LogP) is 4.71. The summed E-state index contributed by atoms with van der Waals surface area (Å²) in [6, 6.07) is 18.2. The Hall–Kier alpha value is -3.96. The number of aromatic nitrogens is 3. The van der Waals surface area contributed by atoms with E-state index in [-0.39, 0.29) is 11.9 Å². The molecule has 1 saturated heterocycles. The third kappa shape index (κ3) is 4.56. The number of nitrogens with one attached hydrogen (secondary N) is 2. The van der Waals surface area contributed by atoms with Crippen LogP contribution in [0.1, 0.15) is 36.9 Å². The van der Waals surface area contributed by atoms with Gasteiger partial charge in [0.2, 0.25) is 0 Å². The van der Waals surface area contributed by atoms with Crippen LogP contribution in [0.15, 0.2) is 60.8 Å². The number of nitrogens with zero attached hydrogens (tertiary/aromatic N) is 4. The Morgan fingerprint density at radius 2 is 2.18 bits per heavy atom. The summed E-state index contributed by atoms with van der Waals surface area (Å²) in [6.07, 6.45) is 3.97. The Balaban J connectivity index is 1.39. The van der Waals surface area contributed by atoms with Crippen molar-refractivity contribution in [2.45, 2.75) is 31.8 Å². The summed E-state index contributed by atoms with van der Waals surface area (Å²) in [6.45, 7) is 3.51. The second-order valence-corrected chi connectivity index (χ2v) is 8.48. The van der Waals surface area contributed by atoms with Gasteiger partial charge in [0, 0.05) is 11.6 Å². The van der Waals surface area contributed by atoms with Gasteiger partial charge in [0.1, 0.15) is 30.1 Å². The number of hydrogen-bond acceptors (Lipinski definition) is 6. The van der Waals surface area contributed by atoms with Gasteiger partial charge < -0.3 is 15.4 Å². The lowest BCUT2D eigenvalue weighted by atomic mass is 10.1. The van der Waals surface area contributed by atoms with Gasteiger partial charge in [-0.25, -0.2) is 13.9 Å². The third-order valence-electron chi connectivity index (χ3n) is 6.07. The Labute approximate surface area is 197 Å². The van der Waals surface area contributed by atoms with Crippen molar-refractivity contribution < 1.29 is 9.13 Å². The maximum Gasteiger partial charge on any atom is 0.154 e. The van der Waals surface area contributed by atoms with Crippen LogP contribution in [-0.2, 0) is 0 Å². The molecule has 0 spiro atoms. The molecule has 2 atom stereocenters. The molecule has 2 N–H and O–H groups in total. The minimum atomic E-state index is -0.272. The SMILES string of the molecule is C[C@@H](Nc1ccc2ncc(-c3ccc(OC[C@@H]4CCCN4)c(C#N)c3)n2n1)c1cccc(F)c1. The first-order chi connectivity index (χ1) is 16.6. The van der Waals surface area contributed by atoms with Gasteiger partial charge in [-0.2, -0.15) is 5.26 Å². The fourth-order valence-electron chi connectivity index (χ4n) is 4.22. The minimum Gasteiger partial charge on any atom is -0.491 e. The lowest BCUT2D eigenvalue weighted by Gasteiger charge is -2.15. The number of anilines is 1. The highest BCUT2D eigenvalue weighted by Crippen LogP contribution is 2.28. The summed E-state index contributed by atoms with van der Waals surface area (Å²) >= 11 is 0. The molecule has 2 aromatic heterocycles. The van der Waals surface area contributed by atoms with Gasteiger partial charge in [0.25, 0.3) is 0 Å². The number of hydrogen-bond donors (Lipinski definition) is 2. The van der Waals surface area contributed by atoms with Gasteiger partial charge >= 0.3 is 0 Å². The average molecular weight is 457 g/mol. The quantitative estimate of drug-likeness (QED) is 0.419. The Morgan fingerprint density at radius 1 is 1.26 bits per heavy atom. The van der Waals surface area contributed by atoms with Crippen molar-refractivity contribution in [1.29, 1.82) is 5.26 Å². The first kappa shape index (κ1) is 21.9. The van der Waals surface area contributed by atoms with E-state index < -0.39 is 0 Å². The zero-order chi connectivity index (χ0) is 23.5. The number of imidazole rings is 1. The third-order valence-corrected chi connectivity index (χ3v) is 6.07. The molecule has 0 aliphatic carbocycles. The Kier molecular flexibility index (Phi) is 6.11. The number of benzene rings is 2. The van der Waals surface area contributed by atoms with Gasteiger partial charge in [0.05, 0.1) is 23.5 Å². The molecule has 7 nitrogen and oxygen atoms in total. The second-order valence-electron chi connectivity index (χ2n) is 8.48. The van der Waals surface area contributed by atoms with Crippen LogP contribution in [0.2, 0.25) is 0 Å². The number of rotatable bonds is 7. The molecule has 172 valence electrons. The molecule has 0 bridgehead atoms. The van der Waals surface area contributed by atoms with Crippen LogP contribution in [0.5, 0.6) is 5.75 Å². The zero-order valence-corrected chi connectivity index (χ0v) is 18.8. The summed E-state index contributed by atoms with van der Waals surface area (Å²) in [4.78, 5) is 4.45. The van der Waals surface area contributed by atoms with Crippen LogP contribution in [0.25, 0.3) is 16.9 Å². The summed E-state index contributed by atoms with van der Waals surface area (Å²) in [5, 5.41) is 21.1. The summed E-state index contributed by atoms with van der Waals surface area (Å²) in [7, 11) is 0. The van der Waals surface area contributed by atoms with Gasteiger partial charge in [-0.15, -0.1) is 5.10 Å². The van der Waals surface area contributed by atoms with Gasteiger partial charge in [-0.3, -0.25) is 0 Å². The first-order valence-electron chi connectivity index (χ1n) is 11.4. The molecular weight excluding hydrogens is 431 g/mol. The topological polar surface area (TPSA) is 87.3 Å². The van der Waals surface area contributed by atoms with E-state index in [0.717, 1.165) is 36.2 Å². The predicted molar refractivity (Wildman–Crippen MR) is 128 cm³/mol. The highest BCUT2D eigenvalue weighted by Gasteiger charge is 2.17. The van der Waals surface area contributed by atoms with E-state index in [0.29, 0.717) is 35.4 Å². The fourth-order valence-corrected chi connectivity index (χ4v) is 4.22. The highest BCUT2D eigenvalue weighted by molar-refractivity contribution is 5.67. The molecular formula is C26H25FN6O. The van der Waals surface area contributed by atoms with Crippen molar-refractivity contribution in [3.63, 3.8) is 0 Å². The van der Waals surface area contributed by atoms with Crippen molar-refractivity contribution in [3.8, 4) is 23.1 Å². The largest absolute Gasteiger partial charge is 0.491 e. The molecule has 1 fully saturated rings. The first-order valence-corrected chi connectivity index (χ1v) is 11.4. The lowest BCUT2D eigenvalue weighted by molar-refractivity contribution is 0.276. The normalized spacial score (nSPS) is 16.3. The maximum absolute atomic E-state index is 13.6. The molecule has 34 heavy (non-hydrogen) atoms. The molecule has 0 amide bonds. The molecule has 2 aromatic carbocycles. The summed E-state index contributed by atoms with van der Waals surface area (Å²) in [5.74, 6) is 0.938. The molecule has 1 aliphatic rings. The number of fused-ring (bicyclic) bond motifs is 1. The van der Waals surface area contributed by atoms with Gasteiger partial charge in [-0.05, 0) is 74.3 Å². The highest BCUT2D eigenvalue weighted by atomic mass is 19.1. The van der Waals surface area contributed by atoms with Crippen molar-refractivity contribution in [2.24, 2.45) is 0 Å². The molecule has 8 heteroatoms. The lowest BCUT2D eigenvalue weighted by Crippen LogP contribution is -2.28. The van der Waals surface area contributed by atoms with Gasteiger partial charge in [-0.1, -0.05) is 12.1 Å². The summed E-state index contributed by atoms with van der Waals surface area (Å²) in [5.41, 5.74) is 3.56. The van der Waals surface area contributed by atoms with E-state index in [1.54, 1.807) is 22.8 Å². The molecule has 3 heterocycles. The van der Waals surface area contributed by atoms with Crippen molar-refractivity contribution >= 4 is 11.5 Å². The molecule has 4 aromatic rings. The van der Waals surface area contributed by atoms with Crippen LogP contribution in [0.4, 0.5) is 10.2 Å². The standard InChI is InChI=1S/C26H25FN6O/c1-17(18-4-2-5-21(27)13-18)31-25-9-10-26-30-15-23(33(26)32-25)19-7-8-24(20(12-19)14-28)34-16-22-6-3-11-29-22/h2,4-5,7-10,12-13,15,17,22,29H,3,6,11,16H2,1H3,(H,31,32)/t17-,22+/m1/s1. The zero-order valence-electron chi connectivity index (χ0n) is 18.8.